The molecule has 1 aliphatic rings. The van der Waals surface area contributed by atoms with Crippen LogP contribution < -0.4 is 5.73 Å². The van der Waals surface area contributed by atoms with Crippen molar-refractivity contribution in [2.24, 2.45) is 5.73 Å². The van der Waals surface area contributed by atoms with E-state index < -0.39 is 0 Å². The molecule has 1 heterocycles. The summed E-state index contributed by atoms with van der Waals surface area (Å²) in [7, 11) is 0. The maximum atomic E-state index is 5.42. The normalized spacial score (nSPS) is 18.6. The van der Waals surface area contributed by atoms with Gasteiger partial charge in [0.25, 0.3) is 0 Å². The van der Waals surface area contributed by atoms with E-state index >= 15 is 0 Å². The summed E-state index contributed by atoms with van der Waals surface area (Å²) in [4.78, 5) is 2.45. The summed E-state index contributed by atoms with van der Waals surface area (Å²) in [6, 6.07) is 0. The van der Waals surface area contributed by atoms with Gasteiger partial charge >= 0.3 is 0 Å². The Hall–Kier alpha value is -0.340. The molecule has 0 bridgehead atoms. The lowest BCUT2D eigenvalue weighted by Crippen LogP contribution is -2.33. The number of hydrogen-bond acceptors (Lipinski definition) is 2. The summed E-state index contributed by atoms with van der Waals surface area (Å²) in [6.07, 6.45) is 4.17. The fourth-order valence-electron chi connectivity index (χ4n) is 1.37. The van der Waals surface area contributed by atoms with Crippen LogP contribution in [0.4, 0.5) is 0 Å². The highest BCUT2D eigenvalue weighted by Crippen LogP contribution is 2.06. The highest BCUT2D eigenvalue weighted by Gasteiger charge is 2.07. The van der Waals surface area contributed by atoms with Crippen LogP contribution in [0.15, 0.2) is 13.2 Å². The predicted molar refractivity (Wildman–Crippen MR) is 52.7 cm³/mol. The number of hydrogen-bond donors (Lipinski definition) is 1. The maximum absolute atomic E-state index is 5.42. The Morgan fingerprint density at radius 1 is 1.18 bits per heavy atom. The zero-order valence-corrected chi connectivity index (χ0v) is 7.39. The molecule has 0 atom stereocenters. The number of nitrogens with zero attached hydrogens (tertiary/aromatic N) is 1. The Morgan fingerprint density at radius 2 is 1.73 bits per heavy atom. The summed E-state index contributed by atoms with van der Waals surface area (Å²) >= 11 is 0. The minimum atomic E-state index is 0. The smallest absolute Gasteiger partial charge is 0.0105 e. The van der Waals surface area contributed by atoms with Crippen LogP contribution in [0, 0.1) is 0 Å². The first-order valence-electron chi connectivity index (χ1n) is 4.36. The third kappa shape index (κ3) is 4.99. The van der Waals surface area contributed by atoms with E-state index in [4.69, 9.17) is 5.73 Å². The molecule has 1 saturated heterocycles. The first kappa shape index (κ1) is 10.7. The molecule has 2 N–H and O–H groups in total. The Bertz CT molecular complexity index is 79.8. The minimum absolute atomic E-state index is 0. The standard InChI is InChI=1S/C7H16N2.C2H4.H2/c8-4-7-9-5-2-1-3-6-9;1-2;/h1-8H2;1-2H2;1H. The van der Waals surface area contributed by atoms with Gasteiger partial charge in [0.1, 0.15) is 0 Å². The van der Waals surface area contributed by atoms with Crippen molar-refractivity contribution in [3.63, 3.8) is 0 Å². The maximum Gasteiger partial charge on any atom is 0.0105 e. The number of nitrogens with two attached hydrogens (primary N) is 1. The lowest BCUT2D eigenvalue weighted by Gasteiger charge is -2.25. The van der Waals surface area contributed by atoms with Gasteiger partial charge in [0.2, 0.25) is 0 Å². The summed E-state index contributed by atoms with van der Waals surface area (Å²) in [5.41, 5.74) is 5.42. The van der Waals surface area contributed by atoms with Crippen LogP contribution in [-0.4, -0.2) is 31.1 Å². The summed E-state index contributed by atoms with van der Waals surface area (Å²) < 4.78 is 0. The Balaban J connectivity index is 0. The molecule has 0 aliphatic carbocycles. The summed E-state index contributed by atoms with van der Waals surface area (Å²) in [6.45, 7) is 10.5. The van der Waals surface area contributed by atoms with Crippen molar-refractivity contribution >= 4 is 0 Å². The number of rotatable bonds is 2. The number of likely N-dealkylation sites (tertiary alicyclic amines) is 1. The first-order valence-corrected chi connectivity index (χ1v) is 4.36. The lowest BCUT2D eigenvalue weighted by molar-refractivity contribution is 0.235. The van der Waals surface area contributed by atoms with Crippen molar-refractivity contribution in [3.05, 3.63) is 13.2 Å². The van der Waals surface area contributed by atoms with Gasteiger partial charge in [0, 0.05) is 14.5 Å². The molecule has 0 amide bonds. The lowest BCUT2D eigenvalue weighted by atomic mass is 10.1. The molecule has 1 fully saturated rings. The molecule has 0 aromatic heterocycles. The van der Waals surface area contributed by atoms with E-state index in [2.05, 4.69) is 18.1 Å². The minimum Gasteiger partial charge on any atom is -0.329 e. The summed E-state index contributed by atoms with van der Waals surface area (Å²) in [5, 5.41) is 0. The summed E-state index contributed by atoms with van der Waals surface area (Å²) in [5.74, 6) is 0. The second-order valence-corrected chi connectivity index (χ2v) is 2.69. The van der Waals surface area contributed by atoms with Crippen molar-refractivity contribution in [3.8, 4) is 0 Å². The Kier molecular flexibility index (Phi) is 7.52. The second kappa shape index (κ2) is 7.76. The molecular formula is C9H22N2. The van der Waals surface area contributed by atoms with Gasteiger partial charge < -0.3 is 10.6 Å². The van der Waals surface area contributed by atoms with Gasteiger partial charge in [0.15, 0.2) is 0 Å². The topological polar surface area (TPSA) is 29.3 Å². The van der Waals surface area contributed by atoms with E-state index in [1.165, 1.54) is 32.4 Å². The Labute approximate surface area is 71.6 Å². The average Bonchev–Trinajstić information content (AvgIpc) is 2.11. The van der Waals surface area contributed by atoms with Crippen LogP contribution in [0.3, 0.4) is 0 Å². The van der Waals surface area contributed by atoms with Crippen LogP contribution in [0.1, 0.15) is 20.7 Å². The third-order valence-corrected chi connectivity index (χ3v) is 1.89. The van der Waals surface area contributed by atoms with Crippen LogP contribution >= 0.6 is 0 Å². The molecule has 0 saturated carbocycles. The average molecular weight is 158 g/mol. The largest absolute Gasteiger partial charge is 0.329 e. The van der Waals surface area contributed by atoms with Gasteiger partial charge in [-0.1, -0.05) is 6.42 Å². The molecule has 1 aliphatic heterocycles. The van der Waals surface area contributed by atoms with Crippen LogP contribution in [0.2, 0.25) is 0 Å². The molecule has 0 unspecified atom stereocenters. The van der Waals surface area contributed by atoms with Gasteiger partial charge in [-0.05, 0) is 25.9 Å². The predicted octanol–water partition coefficient (Wildman–Crippen LogP) is 1.48. The zero-order chi connectivity index (χ0) is 8.53. The van der Waals surface area contributed by atoms with Gasteiger partial charge in [-0.3, -0.25) is 0 Å². The van der Waals surface area contributed by atoms with Crippen molar-refractivity contribution in [1.29, 1.82) is 0 Å². The van der Waals surface area contributed by atoms with E-state index in [1.807, 2.05) is 0 Å². The fourth-order valence-corrected chi connectivity index (χ4v) is 1.37. The van der Waals surface area contributed by atoms with Crippen LogP contribution in [0.25, 0.3) is 0 Å². The van der Waals surface area contributed by atoms with E-state index in [0.29, 0.717) is 0 Å². The van der Waals surface area contributed by atoms with Gasteiger partial charge in [-0.25, -0.2) is 0 Å². The fraction of sp³-hybridized carbons (Fsp3) is 0.778. The SMILES string of the molecule is C=C.NCCN1CCCCC1.[HH]. The van der Waals surface area contributed by atoms with Crippen molar-refractivity contribution in [1.82, 2.24) is 4.90 Å². The van der Waals surface area contributed by atoms with E-state index in [-0.39, 0.29) is 1.43 Å². The van der Waals surface area contributed by atoms with Crippen LogP contribution in [0.5, 0.6) is 0 Å². The molecule has 68 valence electrons. The third-order valence-electron chi connectivity index (χ3n) is 1.89. The molecule has 1 rings (SSSR count). The second-order valence-electron chi connectivity index (χ2n) is 2.69. The molecule has 0 radical (unpaired) electrons. The highest BCUT2D eigenvalue weighted by atomic mass is 15.1. The van der Waals surface area contributed by atoms with E-state index in [9.17, 15) is 0 Å². The molecule has 0 spiro atoms. The monoisotopic (exact) mass is 158 g/mol. The highest BCUT2D eigenvalue weighted by molar-refractivity contribution is 4.63. The molecular weight excluding hydrogens is 136 g/mol. The molecule has 2 nitrogen and oxygen atoms in total. The Morgan fingerprint density at radius 3 is 2.18 bits per heavy atom. The molecule has 11 heavy (non-hydrogen) atoms. The molecule has 0 aromatic rings. The van der Waals surface area contributed by atoms with E-state index in [1.54, 1.807) is 0 Å². The van der Waals surface area contributed by atoms with Crippen molar-refractivity contribution in [2.75, 3.05) is 26.2 Å². The van der Waals surface area contributed by atoms with Crippen molar-refractivity contribution in [2.45, 2.75) is 19.3 Å². The van der Waals surface area contributed by atoms with Gasteiger partial charge in [0.05, 0.1) is 0 Å². The first-order chi connectivity index (χ1) is 5.43. The van der Waals surface area contributed by atoms with Gasteiger partial charge in [-0.15, -0.1) is 13.2 Å². The quantitative estimate of drug-likeness (QED) is 0.617. The van der Waals surface area contributed by atoms with Crippen molar-refractivity contribution < 1.29 is 1.43 Å². The van der Waals surface area contributed by atoms with Crippen LogP contribution in [-0.2, 0) is 0 Å². The molecule has 2 heteroatoms. The zero-order valence-electron chi connectivity index (χ0n) is 7.39. The van der Waals surface area contributed by atoms with E-state index in [0.717, 1.165) is 13.1 Å². The van der Waals surface area contributed by atoms with Gasteiger partial charge in [-0.2, -0.15) is 0 Å². The molecule has 0 aromatic carbocycles. The number of piperidine rings is 1.